The molecule has 1 amide bonds. The Morgan fingerprint density at radius 2 is 2.04 bits per heavy atom. The highest BCUT2D eigenvalue weighted by Crippen LogP contribution is 2.37. The van der Waals surface area contributed by atoms with Crippen molar-refractivity contribution in [3.05, 3.63) is 66.0 Å². The summed E-state index contributed by atoms with van der Waals surface area (Å²) in [7, 11) is 1.64. The number of rotatable bonds is 4. The van der Waals surface area contributed by atoms with Crippen molar-refractivity contribution in [1.29, 1.82) is 0 Å². The van der Waals surface area contributed by atoms with Crippen molar-refractivity contribution in [2.45, 2.75) is 25.0 Å². The van der Waals surface area contributed by atoms with Gasteiger partial charge in [-0.25, -0.2) is 5.43 Å². The van der Waals surface area contributed by atoms with Crippen LogP contribution in [0.2, 0.25) is 0 Å². The van der Waals surface area contributed by atoms with Crippen molar-refractivity contribution in [2.75, 3.05) is 13.9 Å². The molecule has 2 aromatic rings. The quantitative estimate of drug-likeness (QED) is 0.881. The summed E-state index contributed by atoms with van der Waals surface area (Å²) in [6.45, 7) is 0.775. The maximum atomic E-state index is 13.0. The minimum Gasteiger partial charge on any atom is -0.497 e. The van der Waals surface area contributed by atoms with E-state index in [0.717, 1.165) is 28.4 Å². The molecule has 7 heteroatoms. The fourth-order valence-corrected chi connectivity index (χ4v) is 3.88. The van der Waals surface area contributed by atoms with E-state index < -0.39 is 0 Å². The van der Waals surface area contributed by atoms with Crippen molar-refractivity contribution in [3.63, 3.8) is 0 Å². The van der Waals surface area contributed by atoms with Gasteiger partial charge in [-0.15, -0.1) is 0 Å². The number of hydrazine groups is 1. The summed E-state index contributed by atoms with van der Waals surface area (Å²) in [4.78, 5) is 14.8. The molecule has 3 aliphatic heterocycles. The van der Waals surface area contributed by atoms with Gasteiger partial charge in [-0.3, -0.25) is 4.79 Å². The van der Waals surface area contributed by atoms with Crippen LogP contribution in [0.5, 0.6) is 17.2 Å². The molecule has 0 spiro atoms. The number of ether oxygens (including phenoxy) is 3. The van der Waals surface area contributed by atoms with E-state index in [1.54, 1.807) is 12.0 Å². The number of methoxy groups -OCH3 is 1. The first-order chi connectivity index (χ1) is 13.7. The summed E-state index contributed by atoms with van der Waals surface area (Å²) in [5.74, 6) is 2.39. The molecule has 0 bridgehead atoms. The number of carbonyl (C=O) groups excluding carboxylic acids is 1. The Balaban J connectivity index is 1.31. The van der Waals surface area contributed by atoms with Crippen LogP contribution < -0.4 is 19.6 Å². The smallest absolute Gasteiger partial charge is 0.251 e. The van der Waals surface area contributed by atoms with Crippen molar-refractivity contribution >= 4 is 5.91 Å². The Labute approximate surface area is 163 Å². The van der Waals surface area contributed by atoms with Crippen molar-refractivity contribution in [3.8, 4) is 17.2 Å². The molecule has 1 fully saturated rings. The average molecular weight is 379 g/mol. The van der Waals surface area contributed by atoms with Crippen LogP contribution >= 0.6 is 0 Å². The van der Waals surface area contributed by atoms with Crippen LogP contribution in [0.3, 0.4) is 0 Å². The number of fused-ring (bicyclic) bond motifs is 2. The van der Waals surface area contributed by atoms with Crippen LogP contribution in [0.25, 0.3) is 0 Å². The third-order valence-electron chi connectivity index (χ3n) is 5.36. The summed E-state index contributed by atoms with van der Waals surface area (Å²) in [5, 5.41) is 1.90. The predicted octanol–water partition coefficient (Wildman–Crippen LogP) is 2.56. The molecule has 2 atom stereocenters. The molecule has 144 valence electrons. The van der Waals surface area contributed by atoms with Crippen LogP contribution in [0, 0.1) is 0 Å². The second kappa shape index (κ2) is 6.76. The maximum absolute atomic E-state index is 13.0. The SMILES string of the molecule is COc1cccc(CN2C=CN3NC(c4ccc5c(c4)OCO5)CC3C2=O)c1. The van der Waals surface area contributed by atoms with Gasteiger partial charge in [-0.1, -0.05) is 18.2 Å². The van der Waals surface area contributed by atoms with E-state index in [9.17, 15) is 4.79 Å². The first-order valence-electron chi connectivity index (χ1n) is 9.27. The molecule has 3 aliphatic rings. The average Bonchev–Trinajstić information content (AvgIpc) is 3.37. The predicted molar refractivity (Wildman–Crippen MR) is 101 cm³/mol. The standard InChI is InChI=1S/C21H21N3O4/c1-26-16-4-2-3-14(9-16)12-23-7-8-24-18(21(23)25)11-17(22-24)15-5-6-19-20(10-15)28-13-27-19/h2-10,17-18,22H,11-13H2,1H3. The van der Waals surface area contributed by atoms with Crippen molar-refractivity contribution in [2.24, 2.45) is 0 Å². The van der Waals surface area contributed by atoms with E-state index in [1.807, 2.05) is 59.9 Å². The molecule has 1 N–H and O–H groups in total. The van der Waals surface area contributed by atoms with Gasteiger partial charge >= 0.3 is 0 Å². The lowest BCUT2D eigenvalue weighted by molar-refractivity contribution is -0.134. The van der Waals surface area contributed by atoms with Crippen molar-refractivity contribution in [1.82, 2.24) is 15.3 Å². The molecule has 0 aliphatic carbocycles. The van der Waals surface area contributed by atoms with Crippen molar-refractivity contribution < 1.29 is 19.0 Å². The topological polar surface area (TPSA) is 63.3 Å². The highest BCUT2D eigenvalue weighted by atomic mass is 16.7. The van der Waals surface area contributed by atoms with Gasteiger partial charge in [0.1, 0.15) is 11.8 Å². The largest absolute Gasteiger partial charge is 0.497 e. The summed E-state index contributed by atoms with van der Waals surface area (Å²) in [5.41, 5.74) is 5.53. The van der Waals surface area contributed by atoms with Gasteiger partial charge < -0.3 is 24.1 Å². The summed E-state index contributed by atoms with van der Waals surface area (Å²) in [6, 6.07) is 13.5. The van der Waals surface area contributed by atoms with Crippen LogP contribution in [-0.2, 0) is 11.3 Å². The molecule has 7 nitrogen and oxygen atoms in total. The lowest BCUT2D eigenvalue weighted by atomic mass is 10.0. The number of amides is 1. The number of carbonyl (C=O) groups is 1. The van der Waals surface area contributed by atoms with E-state index in [0.29, 0.717) is 13.0 Å². The summed E-state index contributed by atoms with van der Waals surface area (Å²) < 4.78 is 16.1. The second-order valence-corrected chi connectivity index (χ2v) is 7.07. The van der Waals surface area contributed by atoms with E-state index in [1.165, 1.54) is 0 Å². The zero-order valence-electron chi connectivity index (χ0n) is 15.5. The highest BCUT2D eigenvalue weighted by Gasteiger charge is 2.40. The van der Waals surface area contributed by atoms with Gasteiger partial charge in [0.15, 0.2) is 11.5 Å². The Morgan fingerprint density at radius 3 is 2.93 bits per heavy atom. The Kier molecular flexibility index (Phi) is 4.09. The molecule has 0 saturated carbocycles. The van der Waals surface area contributed by atoms with Crippen LogP contribution in [0.15, 0.2) is 54.9 Å². The van der Waals surface area contributed by atoms with E-state index in [4.69, 9.17) is 14.2 Å². The minimum absolute atomic E-state index is 0.0462. The van der Waals surface area contributed by atoms with E-state index >= 15 is 0 Å². The van der Waals surface area contributed by atoms with Gasteiger partial charge in [0, 0.05) is 12.4 Å². The fraction of sp³-hybridized carbons (Fsp3) is 0.286. The normalized spacial score (nSPS) is 22.5. The lowest BCUT2D eigenvalue weighted by Crippen LogP contribution is -2.47. The molecule has 0 aromatic heterocycles. The lowest BCUT2D eigenvalue weighted by Gasteiger charge is -2.31. The van der Waals surface area contributed by atoms with Crippen LogP contribution in [0.4, 0.5) is 0 Å². The van der Waals surface area contributed by atoms with Gasteiger partial charge in [-0.05, 0) is 41.8 Å². The third-order valence-corrected chi connectivity index (χ3v) is 5.36. The maximum Gasteiger partial charge on any atom is 0.251 e. The zero-order chi connectivity index (χ0) is 19.1. The second-order valence-electron chi connectivity index (χ2n) is 7.07. The van der Waals surface area contributed by atoms with Gasteiger partial charge in [0.05, 0.1) is 19.7 Å². The minimum atomic E-state index is -0.231. The molecular weight excluding hydrogens is 358 g/mol. The molecule has 3 heterocycles. The van der Waals surface area contributed by atoms with E-state index in [2.05, 4.69) is 5.43 Å². The zero-order valence-corrected chi connectivity index (χ0v) is 15.5. The number of hydrogen-bond donors (Lipinski definition) is 1. The summed E-state index contributed by atoms with van der Waals surface area (Å²) >= 11 is 0. The Hall–Kier alpha value is -3.19. The molecule has 0 radical (unpaired) electrons. The number of benzene rings is 2. The monoisotopic (exact) mass is 379 g/mol. The first kappa shape index (κ1) is 16.9. The third kappa shape index (κ3) is 2.93. The molecule has 2 unspecified atom stereocenters. The molecule has 1 saturated heterocycles. The number of hydrogen-bond acceptors (Lipinski definition) is 6. The highest BCUT2D eigenvalue weighted by molar-refractivity contribution is 5.84. The summed E-state index contributed by atoms with van der Waals surface area (Å²) in [6.07, 6.45) is 4.45. The first-order valence-corrected chi connectivity index (χ1v) is 9.27. The molecule has 28 heavy (non-hydrogen) atoms. The fourth-order valence-electron chi connectivity index (χ4n) is 3.88. The van der Waals surface area contributed by atoms with Gasteiger partial charge in [0.25, 0.3) is 5.91 Å². The number of nitrogens with zero attached hydrogens (tertiary/aromatic N) is 2. The molecule has 2 aromatic carbocycles. The Bertz CT molecular complexity index is 945. The number of nitrogens with one attached hydrogen (secondary N) is 1. The van der Waals surface area contributed by atoms with Crippen LogP contribution in [-0.4, -0.2) is 35.8 Å². The van der Waals surface area contributed by atoms with Gasteiger partial charge in [0.2, 0.25) is 6.79 Å². The van der Waals surface area contributed by atoms with Crippen LogP contribution in [0.1, 0.15) is 23.6 Å². The van der Waals surface area contributed by atoms with E-state index in [-0.39, 0.29) is 24.8 Å². The van der Waals surface area contributed by atoms with Gasteiger partial charge in [-0.2, -0.15) is 0 Å². The molecular formula is C21H21N3O4. The molecule has 5 rings (SSSR count). The Morgan fingerprint density at radius 1 is 1.14 bits per heavy atom.